The van der Waals surface area contributed by atoms with Crippen molar-refractivity contribution in [2.24, 2.45) is 10.7 Å². The second-order valence-corrected chi connectivity index (χ2v) is 5.12. The molecule has 0 aliphatic carbocycles. The molecule has 3 rings (SSSR count). The molecule has 2 heterocycles. The highest BCUT2D eigenvalue weighted by molar-refractivity contribution is 7.12. The molecule has 1 aliphatic heterocycles. The number of rotatable bonds is 1. The molecule has 18 heavy (non-hydrogen) atoms. The van der Waals surface area contributed by atoms with E-state index in [1.807, 2.05) is 41.8 Å². The van der Waals surface area contributed by atoms with Crippen molar-refractivity contribution in [3.05, 3.63) is 57.8 Å². The Hall–Kier alpha value is -1.78. The first kappa shape index (κ1) is 11.3. The van der Waals surface area contributed by atoms with Crippen LogP contribution in [0.5, 0.6) is 0 Å². The summed E-state index contributed by atoms with van der Waals surface area (Å²) in [5, 5.41) is 1.99. The number of fused-ring (bicyclic) bond motifs is 1. The minimum absolute atomic E-state index is 0.0272. The molecule has 2 N–H and O–H groups in total. The number of carbonyl (C=O) groups excluding carboxylic acids is 1. The fourth-order valence-electron chi connectivity index (χ4n) is 2.05. The van der Waals surface area contributed by atoms with E-state index in [0.29, 0.717) is 6.42 Å². The normalized spacial score (nSPS) is 19.1. The van der Waals surface area contributed by atoms with E-state index < -0.39 is 6.17 Å². The second kappa shape index (κ2) is 4.48. The molecule has 0 bridgehead atoms. The maximum absolute atomic E-state index is 11.8. The first-order valence-corrected chi connectivity index (χ1v) is 6.62. The molecule has 0 saturated heterocycles. The van der Waals surface area contributed by atoms with Crippen LogP contribution < -0.4 is 5.73 Å². The van der Waals surface area contributed by atoms with Crippen LogP contribution >= 0.6 is 11.3 Å². The van der Waals surface area contributed by atoms with Gasteiger partial charge in [0.1, 0.15) is 0 Å². The molecule has 0 amide bonds. The molecular formula is C14H12N2OS. The van der Waals surface area contributed by atoms with Gasteiger partial charge in [0.15, 0.2) is 11.9 Å². The quantitative estimate of drug-likeness (QED) is 0.848. The highest BCUT2D eigenvalue weighted by Gasteiger charge is 2.24. The lowest BCUT2D eigenvalue weighted by molar-refractivity contribution is -0.119. The molecule has 0 spiro atoms. The number of Topliss-reactive ketones (excluding diaryl/α,β-unsaturated/α-hetero) is 1. The monoisotopic (exact) mass is 256 g/mol. The second-order valence-electron chi connectivity index (χ2n) is 4.21. The molecule has 90 valence electrons. The van der Waals surface area contributed by atoms with Crippen LogP contribution in [-0.2, 0) is 11.2 Å². The molecule has 4 heteroatoms. The van der Waals surface area contributed by atoms with Gasteiger partial charge in [-0.3, -0.25) is 9.79 Å². The predicted molar refractivity (Wildman–Crippen MR) is 73.1 cm³/mol. The van der Waals surface area contributed by atoms with Gasteiger partial charge < -0.3 is 5.73 Å². The Labute approximate surface area is 109 Å². The van der Waals surface area contributed by atoms with Crippen molar-refractivity contribution in [3.63, 3.8) is 0 Å². The first-order chi connectivity index (χ1) is 8.75. The molecule has 1 aromatic carbocycles. The SMILES string of the molecule is NC1N=C(c2ccccc2)c2sccc2CC1=O. The molecule has 1 unspecified atom stereocenters. The van der Waals surface area contributed by atoms with Gasteiger partial charge in [0.25, 0.3) is 0 Å². The zero-order valence-electron chi connectivity index (χ0n) is 9.67. The van der Waals surface area contributed by atoms with E-state index in [0.717, 1.165) is 21.7 Å². The number of nitrogens with two attached hydrogens (primary N) is 1. The van der Waals surface area contributed by atoms with E-state index in [9.17, 15) is 4.79 Å². The van der Waals surface area contributed by atoms with Crippen molar-refractivity contribution in [2.75, 3.05) is 0 Å². The average Bonchev–Trinajstić information content (AvgIpc) is 2.80. The summed E-state index contributed by atoms with van der Waals surface area (Å²) in [5.41, 5.74) is 8.68. The minimum Gasteiger partial charge on any atom is -0.303 e. The predicted octanol–water partition coefficient (Wildman–Crippen LogP) is 2.00. The van der Waals surface area contributed by atoms with Crippen LogP contribution in [0.3, 0.4) is 0 Å². The van der Waals surface area contributed by atoms with E-state index in [2.05, 4.69) is 4.99 Å². The molecule has 2 aromatic rings. The van der Waals surface area contributed by atoms with E-state index in [-0.39, 0.29) is 5.78 Å². The number of thiophene rings is 1. The van der Waals surface area contributed by atoms with Gasteiger partial charge in [0.05, 0.1) is 10.6 Å². The van der Waals surface area contributed by atoms with Crippen molar-refractivity contribution >= 4 is 22.8 Å². The van der Waals surface area contributed by atoms with Gasteiger partial charge in [-0.05, 0) is 17.0 Å². The number of hydrogen-bond acceptors (Lipinski definition) is 4. The van der Waals surface area contributed by atoms with Crippen LogP contribution in [0.2, 0.25) is 0 Å². The number of benzene rings is 1. The topological polar surface area (TPSA) is 55.4 Å². The number of carbonyl (C=O) groups is 1. The maximum atomic E-state index is 11.8. The highest BCUT2D eigenvalue weighted by atomic mass is 32.1. The summed E-state index contributed by atoms with van der Waals surface area (Å²) >= 11 is 1.61. The minimum atomic E-state index is -0.750. The van der Waals surface area contributed by atoms with Crippen LogP contribution in [-0.4, -0.2) is 17.7 Å². The fourth-order valence-corrected chi connectivity index (χ4v) is 2.99. The lowest BCUT2D eigenvalue weighted by Crippen LogP contribution is -2.29. The maximum Gasteiger partial charge on any atom is 0.176 e. The zero-order chi connectivity index (χ0) is 12.5. The van der Waals surface area contributed by atoms with Gasteiger partial charge in [-0.25, -0.2) is 0 Å². The van der Waals surface area contributed by atoms with E-state index in [4.69, 9.17) is 5.73 Å². The number of nitrogens with zero attached hydrogens (tertiary/aromatic N) is 1. The van der Waals surface area contributed by atoms with Crippen molar-refractivity contribution in [3.8, 4) is 0 Å². The summed E-state index contributed by atoms with van der Waals surface area (Å²) in [6.07, 6.45) is -0.375. The van der Waals surface area contributed by atoms with Crippen molar-refractivity contribution in [1.29, 1.82) is 0 Å². The smallest absolute Gasteiger partial charge is 0.176 e. The molecular weight excluding hydrogens is 244 g/mol. The van der Waals surface area contributed by atoms with Gasteiger partial charge in [0.2, 0.25) is 0 Å². The van der Waals surface area contributed by atoms with Crippen LogP contribution in [0.4, 0.5) is 0 Å². The third kappa shape index (κ3) is 1.89. The highest BCUT2D eigenvalue weighted by Crippen LogP contribution is 2.25. The molecule has 0 radical (unpaired) electrons. The first-order valence-electron chi connectivity index (χ1n) is 5.74. The summed E-state index contributed by atoms with van der Waals surface area (Å²) in [4.78, 5) is 17.3. The molecule has 1 aromatic heterocycles. The fraction of sp³-hybridized carbons (Fsp3) is 0.143. The van der Waals surface area contributed by atoms with E-state index >= 15 is 0 Å². The Morgan fingerprint density at radius 2 is 2.00 bits per heavy atom. The average molecular weight is 256 g/mol. The summed E-state index contributed by atoms with van der Waals surface area (Å²) in [7, 11) is 0. The summed E-state index contributed by atoms with van der Waals surface area (Å²) < 4.78 is 0. The summed E-state index contributed by atoms with van der Waals surface area (Å²) in [6.45, 7) is 0. The van der Waals surface area contributed by atoms with Gasteiger partial charge in [-0.15, -0.1) is 11.3 Å². The summed E-state index contributed by atoms with van der Waals surface area (Å²) in [6, 6.07) is 11.8. The third-order valence-electron chi connectivity index (χ3n) is 2.97. The van der Waals surface area contributed by atoms with Gasteiger partial charge in [-0.1, -0.05) is 30.3 Å². The van der Waals surface area contributed by atoms with Crippen molar-refractivity contribution in [1.82, 2.24) is 0 Å². The lowest BCUT2D eigenvalue weighted by Gasteiger charge is -2.06. The van der Waals surface area contributed by atoms with Crippen LogP contribution in [0.1, 0.15) is 16.0 Å². The standard InChI is InChI=1S/C14H12N2OS/c15-14-11(17)8-10-6-7-18-13(10)12(16-14)9-4-2-1-3-5-9/h1-7,14H,8,15H2. The Morgan fingerprint density at radius 1 is 1.22 bits per heavy atom. The Morgan fingerprint density at radius 3 is 2.78 bits per heavy atom. The number of aliphatic imine (C=N–C) groups is 1. The lowest BCUT2D eigenvalue weighted by atomic mass is 10.0. The van der Waals surface area contributed by atoms with Gasteiger partial charge in [0, 0.05) is 12.0 Å². The Bertz CT molecular complexity index is 616. The van der Waals surface area contributed by atoms with Gasteiger partial charge in [-0.2, -0.15) is 0 Å². The van der Waals surface area contributed by atoms with Crippen LogP contribution in [0.25, 0.3) is 0 Å². The van der Waals surface area contributed by atoms with Crippen LogP contribution in [0.15, 0.2) is 46.8 Å². The Kier molecular flexibility index (Phi) is 2.81. The van der Waals surface area contributed by atoms with Crippen LogP contribution in [0, 0.1) is 0 Å². The molecule has 0 saturated carbocycles. The van der Waals surface area contributed by atoms with Gasteiger partial charge >= 0.3 is 0 Å². The largest absolute Gasteiger partial charge is 0.303 e. The van der Waals surface area contributed by atoms with Crippen molar-refractivity contribution in [2.45, 2.75) is 12.6 Å². The number of ketones is 1. The molecule has 1 aliphatic rings. The zero-order valence-corrected chi connectivity index (χ0v) is 10.5. The van der Waals surface area contributed by atoms with E-state index in [1.165, 1.54) is 0 Å². The van der Waals surface area contributed by atoms with E-state index in [1.54, 1.807) is 11.3 Å². The Balaban J connectivity index is 2.18. The molecule has 0 fully saturated rings. The third-order valence-corrected chi connectivity index (χ3v) is 3.94. The number of hydrogen-bond donors (Lipinski definition) is 1. The summed E-state index contributed by atoms with van der Waals surface area (Å²) in [5.74, 6) is -0.0272. The molecule has 3 nitrogen and oxygen atoms in total. The molecule has 1 atom stereocenters. The van der Waals surface area contributed by atoms with Crippen molar-refractivity contribution < 1.29 is 4.79 Å².